The number of hydrogen-bond acceptors (Lipinski definition) is 4. The van der Waals surface area contributed by atoms with Gasteiger partial charge in [-0.1, -0.05) is 23.2 Å². The Hall–Kier alpha value is -0.870. The van der Waals surface area contributed by atoms with Crippen molar-refractivity contribution in [2.75, 3.05) is 6.61 Å². The predicted octanol–water partition coefficient (Wildman–Crippen LogP) is 2.27. The molecule has 0 spiro atoms. The van der Waals surface area contributed by atoms with E-state index < -0.39 is 5.97 Å². The van der Waals surface area contributed by atoms with E-state index in [2.05, 4.69) is 9.97 Å². The van der Waals surface area contributed by atoms with Crippen LogP contribution in [0.15, 0.2) is 0 Å². The molecule has 0 aliphatic heterocycles. The number of nitrogens with zero attached hydrogens (tertiary/aromatic N) is 2. The molecular formula is C8H8Cl2N2O2. The van der Waals surface area contributed by atoms with E-state index in [4.69, 9.17) is 27.9 Å². The van der Waals surface area contributed by atoms with Crippen molar-refractivity contribution < 1.29 is 9.53 Å². The summed E-state index contributed by atoms with van der Waals surface area (Å²) in [6.45, 7) is 3.57. The van der Waals surface area contributed by atoms with E-state index in [0.29, 0.717) is 5.82 Å². The van der Waals surface area contributed by atoms with Crippen LogP contribution in [0.4, 0.5) is 0 Å². The van der Waals surface area contributed by atoms with Gasteiger partial charge in [-0.25, -0.2) is 14.8 Å². The van der Waals surface area contributed by atoms with Gasteiger partial charge in [0.2, 0.25) is 0 Å². The van der Waals surface area contributed by atoms with Gasteiger partial charge in [0.1, 0.15) is 10.8 Å². The lowest BCUT2D eigenvalue weighted by atomic mass is 10.4. The smallest absolute Gasteiger partial charge is 0.358 e. The number of carbonyl (C=O) groups is 1. The minimum atomic E-state index is -0.593. The summed E-state index contributed by atoms with van der Waals surface area (Å²) in [5, 5.41) is 0.0814. The maximum absolute atomic E-state index is 11.3. The normalized spacial score (nSPS) is 10.0. The molecule has 0 amide bonds. The van der Waals surface area contributed by atoms with Gasteiger partial charge >= 0.3 is 5.97 Å². The zero-order chi connectivity index (χ0) is 10.7. The van der Waals surface area contributed by atoms with Gasteiger partial charge < -0.3 is 4.74 Å². The van der Waals surface area contributed by atoms with Crippen molar-refractivity contribution in [1.82, 2.24) is 9.97 Å². The number of hydrogen-bond donors (Lipinski definition) is 0. The summed E-state index contributed by atoms with van der Waals surface area (Å²) in [5.74, 6) is -0.215. The van der Waals surface area contributed by atoms with Crippen molar-refractivity contribution in [2.45, 2.75) is 13.8 Å². The predicted molar refractivity (Wildman–Crippen MR) is 52.7 cm³/mol. The van der Waals surface area contributed by atoms with Crippen LogP contribution >= 0.6 is 23.2 Å². The minimum Gasteiger partial charge on any atom is -0.461 e. The molecule has 0 N–H and O–H groups in total. The van der Waals surface area contributed by atoms with Crippen molar-refractivity contribution in [3.8, 4) is 0 Å². The largest absolute Gasteiger partial charge is 0.461 e. The first-order chi connectivity index (χ1) is 6.56. The van der Waals surface area contributed by atoms with Gasteiger partial charge in [0.25, 0.3) is 0 Å². The summed E-state index contributed by atoms with van der Waals surface area (Å²) in [7, 11) is 0. The number of aromatic nitrogens is 2. The lowest BCUT2D eigenvalue weighted by molar-refractivity contribution is 0.0519. The molecule has 76 valence electrons. The van der Waals surface area contributed by atoms with Crippen LogP contribution in [-0.4, -0.2) is 22.5 Å². The second kappa shape index (κ2) is 4.57. The third kappa shape index (κ3) is 2.33. The molecule has 6 heteroatoms. The van der Waals surface area contributed by atoms with Crippen molar-refractivity contribution >= 4 is 29.2 Å². The number of carbonyl (C=O) groups excluding carboxylic acids is 1. The van der Waals surface area contributed by atoms with E-state index in [1.807, 2.05) is 0 Å². The molecule has 4 nitrogen and oxygen atoms in total. The van der Waals surface area contributed by atoms with Gasteiger partial charge in [-0.3, -0.25) is 0 Å². The zero-order valence-corrected chi connectivity index (χ0v) is 9.19. The SMILES string of the molecule is CCOC(=O)c1nc(C)nc(Cl)c1Cl. The Morgan fingerprint density at radius 3 is 2.64 bits per heavy atom. The molecule has 1 aromatic rings. The van der Waals surface area contributed by atoms with E-state index in [0.717, 1.165) is 0 Å². The Bertz CT molecular complexity index is 369. The van der Waals surface area contributed by atoms with Crippen LogP contribution in [-0.2, 0) is 4.74 Å². The van der Waals surface area contributed by atoms with Gasteiger partial charge in [0, 0.05) is 0 Å². The van der Waals surface area contributed by atoms with Crippen molar-refractivity contribution in [2.24, 2.45) is 0 Å². The van der Waals surface area contributed by atoms with Gasteiger partial charge in [0.15, 0.2) is 10.8 Å². The van der Waals surface area contributed by atoms with Crippen LogP contribution in [0.2, 0.25) is 10.2 Å². The van der Waals surface area contributed by atoms with Crippen LogP contribution in [0.3, 0.4) is 0 Å². The fraction of sp³-hybridized carbons (Fsp3) is 0.375. The van der Waals surface area contributed by atoms with Crippen molar-refractivity contribution in [3.05, 3.63) is 21.7 Å². The molecule has 0 unspecified atom stereocenters. The summed E-state index contributed by atoms with van der Waals surface area (Å²) in [6.07, 6.45) is 0. The van der Waals surface area contributed by atoms with Crippen molar-refractivity contribution in [3.63, 3.8) is 0 Å². The fourth-order valence-electron chi connectivity index (χ4n) is 0.859. The first-order valence-corrected chi connectivity index (χ1v) is 4.68. The number of rotatable bonds is 2. The van der Waals surface area contributed by atoms with Crippen LogP contribution in [0.5, 0.6) is 0 Å². The Labute approximate surface area is 91.2 Å². The Morgan fingerprint density at radius 1 is 1.43 bits per heavy atom. The highest BCUT2D eigenvalue weighted by molar-refractivity contribution is 6.42. The first kappa shape index (κ1) is 11.2. The highest BCUT2D eigenvalue weighted by Gasteiger charge is 2.17. The van der Waals surface area contributed by atoms with Gasteiger partial charge in [0.05, 0.1) is 6.61 Å². The number of esters is 1. The monoisotopic (exact) mass is 234 g/mol. The highest BCUT2D eigenvalue weighted by atomic mass is 35.5. The maximum atomic E-state index is 11.3. The molecule has 0 atom stereocenters. The van der Waals surface area contributed by atoms with E-state index in [-0.39, 0.29) is 22.5 Å². The zero-order valence-electron chi connectivity index (χ0n) is 7.67. The summed E-state index contributed by atoms with van der Waals surface area (Å²) in [5.41, 5.74) is 0.00557. The summed E-state index contributed by atoms with van der Waals surface area (Å²) >= 11 is 11.4. The number of aryl methyl sites for hydroxylation is 1. The molecule has 0 aliphatic rings. The average molecular weight is 235 g/mol. The third-order valence-corrected chi connectivity index (χ3v) is 2.12. The van der Waals surface area contributed by atoms with Crippen LogP contribution in [0, 0.1) is 6.92 Å². The first-order valence-electron chi connectivity index (χ1n) is 3.93. The molecule has 0 saturated carbocycles. The lowest BCUT2D eigenvalue weighted by Gasteiger charge is -2.04. The van der Waals surface area contributed by atoms with E-state index in [1.165, 1.54) is 0 Å². The second-order valence-electron chi connectivity index (χ2n) is 2.44. The van der Waals surface area contributed by atoms with Crippen LogP contribution in [0.1, 0.15) is 23.2 Å². The molecule has 0 aromatic carbocycles. The van der Waals surface area contributed by atoms with Gasteiger partial charge in [-0.15, -0.1) is 0 Å². The topological polar surface area (TPSA) is 52.1 Å². The molecule has 1 aromatic heterocycles. The highest BCUT2D eigenvalue weighted by Crippen LogP contribution is 2.23. The Kier molecular flexibility index (Phi) is 3.66. The van der Waals surface area contributed by atoms with Crippen LogP contribution in [0.25, 0.3) is 0 Å². The van der Waals surface area contributed by atoms with E-state index in [1.54, 1.807) is 13.8 Å². The molecule has 0 fully saturated rings. The van der Waals surface area contributed by atoms with E-state index in [9.17, 15) is 4.79 Å². The quantitative estimate of drug-likeness (QED) is 0.582. The molecular weight excluding hydrogens is 227 g/mol. The molecule has 1 heterocycles. The second-order valence-corrected chi connectivity index (χ2v) is 3.18. The average Bonchev–Trinajstić information content (AvgIpc) is 2.11. The number of ether oxygens (including phenoxy) is 1. The standard InChI is InChI=1S/C8H8Cl2N2O2/c1-3-14-8(13)6-5(9)7(10)12-4(2)11-6/h3H2,1-2H3. The van der Waals surface area contributed by atoms with Crippen molar-refractivity contribution in [1.29, 1.82) is 0 Å². The maximum Gasteiger partial charge on any atom is 0.358 e. The number of halogens is 2. The summed E-state index contributed by atoms with van der Waals surface area (Å²) < 4.78 is 4.75. The molecule has 0 saturated heterocycles. The molecule has 14 heavy (non-hydrogen) atoms. The third-order valence-electron chi connectivity index (χ3n) is 1.39. The molecule has 0 radical (unpaired) electrons. The fourth-order valence-corrected chi connectivity index (χ4v) is 1.23. The van der Waals surface area contributed by atoms with Gasteiger partial charge in [-0.2, -0.15) is 0 Å². The van der Waals surface area contributed by atoms with Gasteiger partial charge in [-0.05, 0) is 13.8 Å². The molecule has 1 rings (SSSR count). The molecule has 0 aliphatic carbocycles. The lowest BCUT2D eigenvalue weighted by Crippen LogP contribution is -2.10. The minimum absolute atomic E-state index is 0.00557. The molecule has 0 bridgehead atoms. The Morgan fingerprint density at radius 2 is 2.07 bits per heavy atom. The van der Waals surface area contributed by atoms with E-state index >= 15 is 0 Å². The summed E-state index contributed by atoms with van der Waals surface area (Å²) in [4.78, 5) is 19.0. The summed E-state index contributed by atoms with van der Waals surface area (Å²) in [6, 6.07) is 0. The Balaban J connectivity index is 3.13. The van der Waals surface area contributed by atoms with Crippen LogP contribution < -0.4 is 0 Å².